The van der Waals surface area contributed by atoms with Gasteiger partial charge in [-0.2, -0.15) is 0 Å². The van der Waals surface area contributed by atoms with Crippen LogP contribution in [0.1, 0.15) is 37.7 Å². The molecular weight excluding hydrogens is 532 g/mol. The Labute approximate surface area is 235 Å². The number of hydrogen-bond acceptors (Lipinski definition) is 6. The van der Waals surface area contributed by atoms with E-state index in [1.54, 1.807) is 18.2 Å². The number of aliphatic hydroxyl groups excluding tert-OH is 1. The fourth-order valence-electron chi connectivity index (χ4n) is 4.88. The largest absolute Gasteiger partial charge is 0.491 e. The van der Waals surface area contributed by atoms with Crippen LogP contribution in [0.3, 0.4) is 0 Å². The molecule has 3 aromatic carbocycles. The highest BCUT2D eigenvalue weighted by Crippen LogP contribution is 2.52. The van der Waals surface area contributed by atoms with Gasteiger partial charge in [0.15, 0.2) is 17.9 Å². The van der Waals surface area contributed by atoms with Crippen molar-refractivity contribution >= 4 is 7.37 Å². The number of nitrogens with one attached hydrogen (secondary N) is 1. The molecule has 0 bridgehead atoms. The molecule has 4 rings (SSSR count). The van der Waals surface area contributed by atoms with E-state index in [9.17, 15) is 19.0 Å². The molecule has 3 aromatic rings. The maximum absolute atomic E-state index is 14.4. The predicted molar refractivity (Wildman–Crippen MR) is 154 cm³/mol. The molecule has 9 heteroatoms. The van der Waals surface area contributed by atoms with Crippen LogP contribution in [0.4, 0.5) is 4.39 Å². The zero-order chi connectivity index (χ0) is 28.2. The molecule has 2 atom stereocenters. The molecule has 0 saturated heterocycles. The molecule has 216 valence electrons. The van der Waals surface area contributed by atoms with Crippen molar-refractivity contribution < 1.29 is 33.2 Å². The lowest BCUT2D eigenvalue weighted by atomic mass is 9.86. The van der Waals surface area contributed by atoms with Crippen LogP contribution in [0, 0.1) is 11.7 Å². The molecule has 0 radical (unpaired) electrons. The normalized spacial score (nSPS) is 19.4. The van der Waals surface area contributed by atoms with Crippen molar-refractivity contribution in [3.63, 3.8) is 0 Å². The maximum Gasteiger partial charge on any atom is 0.239 e. The number of halogens is 1. The fourth-order valence-corrected chi connectivity index (χ4v) is 6.53. The van der Waals surface area contributed by atoms with Crippen molar-refractivity contribution in [2.24, 2.45) is 5.92 Å². The van der Waals surface area contributed by atoms with Crippen molar-refractivity contribution in [2.45, 2.75) is 50.5 Å². The summed E-state index contributed by atoms with van der Waals surface area (Å²) in [6, 6.07) is 23.1. The van der Waals surface area contributed by atoms with Crippen molar-refractivity contribution in [1.29, 1.82) is 0 Å². The Balaban J connectivity index is 1.07. The minimum Gasteiger partial charge on any atom is -0.491 e. The number of ether oxygens (including phenoxy) is 3. The smallest absolute Gasteiger partial charge is 0.239 e. The number of aliphatic hydroxyl groups is 1. The Hall–Kier alpha value is -2.90. The lowest BCUT2D eigenvalue weighted by molar-refractivity contribution is 0.105. The van der Waals surface area contributed by atoms with E-state index in [1.807, 2.05) is 48.5 Å². The molecule has 7 nitrogen and oxygen atoms in total. The summed E-state index contributed by atoms with van der Waals surface area (Å²) in [5, 5.41) is 13.5. The van der Waals surface area contributed by atoms with Crippen molar-refractivity contribution in [3.8, 4) is 17.2 Å². The van der Waals surface area contributed by atoms with Gasteiger partial charge in [-0.25, -0.2) is 4.39 Å². The van der Waals surface area contributed by atoms with Gasteiger partial charge in [-0.05, 0) is 74.4 Å². The Morgan fingerprint density at radius 2 is 1.60 bits per heavy atom. The van der Waals surface area contributed by atoms with Crippen LogP contribution in [0.5, 0.6) is 17.2 Å². The summed E-state index contributed by atoms with van der Waals surface area (Å²) in [5.74, 6) is 1.05. The molecule has 1 saturated carbocycles. The van der Waals surface area contributed by atoms with E-state index in [0.717, 1.165) is 44.2 Å². The van der Waals surface area contributed by atoms with Gasteiger partial charge in [-0.3, -0.25) is 4.57 Å². The summed E-state index contributed by atoms with van der Waals surface area (Å²) in [6.45, 7) is 1.41. The maximum atomic E-state index is 14.4. The van der Waals surface area contributed by atoms with Crippen LogP contribution in [-0.2, 0) is 11.2 Å². The van der Waals surface area contributed by atoms with E-state index in [1.165, 1.54) is 12.1 Å². The van der Waals surface area contributed by atoms with Crippen LogP contribution in [0.15, 0.2) is 78.9 Å². The zero-order valence-corrected chi connectivity index (χ0v) is 23.6. The van der Waals surface area contributed by atoms with Crippen LogP contribution in [-0.4, -0.2) is 47.8 Å². The third-order valence-electron chi connectivity index (χ3n) is 7.24. The summed E-state index contributed by atoms with van der Waals surface area (Å²) >= 11 is 0. The summed E-state index contributed by atoms with van der Waals surface area (Å²) in [7, 11) is -3.38. The molecule has 3 N–H and O–H groups in total. The topological polar surface area (TPSA) is 97.3 Å². The molecule has 1 aliphatic carbocycles. The summed E-state index contributed by atoms with van der Waals surface area (Å²) in [5.41, 5.74) is 0.736. The van der Waals surface area contributed by atoms with Gasteiger partial charge in [-0.1, -0.05) is 48.5 Å². The molecule has 1 aliphatic rings. The van der Waals surface area contributed by atoms with Crippen molar-refractivity contribution in [1.82, 2.24) is 5.32 Å². The first-order chi connectivity index (χ1) is 19.4. The highest BCUT2D eigenvalue weighted by molar-refractivity contribution is 7.58. The van der Waals surface area contributed by atoms with Crippen LogP contribution in [0.2, 0.25) is 0 Å². The number of benzene rings is 3. The van der Waals surface area contributed by atoms with Gasteiger partial charge in [0, 0.05) is 18.3 Å². The monoisotopic (exact) mass is 571 g/mol. The first kappa shape index (κ1) is 30.1. The van der Waals surface area contributed by atoms with Gasteiger partial charge in [0.1, 0.15) is 30.8 Å². The summed E-state index contributed by atoms with van der Waals surface area (Å²) in [6.07, 6.45) is 3.31. The SMILES string of the molecule is O=P(O)(COc1ccccc1)C1CCC(CCNC[C@H](O)COc2ccc(OCc3ccccc3)c(F)c2)CC1. The molecule has 1 unspecified atom stereocenters. The van der Waals surface area contributed by atoms with E-state index in [0.29, 0.717) is 24.0 Å². The highest BCUT2D eigenvalue weighted by Gasteiger charge is 2.35. The predicted octanol–water partition coefficient (Wildman–Crippen LogP) is 5.99. The summed E-state index contributed by atoms with van der Waals surface area (Å²) in [4.78, 5) is 10.5. The molecule has 0 amide bonds. The Morgan fingerprint density at radius 1 is 0.900 bits per heavy atom. The highest BCUT2D eigenvalue weighted by atomic mass is 31.2. The quantitative estimate of drug-likeness (QED) is 0.152. The fraction of sp³-hybridized carbons (Fsp3) is 0.419. The number of hydrogen-bond donors (Lipinski definition) is 3. The van der Waals surface area contributed by atoms with Gasteiger partial charge >= 0.3 is 0 Å². The van der Waals surface area contributed by atoms with Gasteiger partial charge in [0.05, 0.1) is 0 Å². The van der Waals surface area contributed by atoms with E-state index in [-0.39, 0.29) is 31.0 Å². The van der Waals surface area contributed by atoms with Crippen molar-refractivity contribution in [2.75, 3.05) is 26.0 Å². The minimum atomic E-state index is -3.38. The van der Waals surface area contributed by atoms with Gasteiger partial charge in [-0.15, -0.1) is 0 Å². The lowest BCUT2D eigenvalue weighted by Crippen LogP contribution is -2.33. The third kappa shape index (κ3) is 9.63. The van der Waals surface area contributed by atoms with Crippen LogP contribution in [0.25, 0.3) is 0 Å². The van der Waals surface area contributed by atoms with E-state index >= 15 is 0 Å². The standard InChI is InChI=1S/C31H39FNO6P/c32-30-19-28(13-16-31(30)38-21-25-7-3-1-4-8-25)37-22-26(34)20-33-18-17-24-11-14-29(15-12-24)40(35,36)23-39-27-9-5-2-6-10-27/h1-10,13,16,19,24,26,29,33-34H,11-12,14-15,17-18,20-23H2,(H,35,36)/t24?,26-,29?/m0/s1. The first-order valence-corrected chi connectivity index (χ1v) is 15.8. The van der Waals surface area contributed by atoms with Crippen LogP contribution < -0.4 is 19.5 Å². The second-order valence-corrected chi connectivity index (χ2v) is 12.8. The minimum absolute atomic E-state index is 0.0403. The molecule has 0 spiro atoms. The zero-order valence-electron chi connectivity index (χ0n) is 22.7. The average molecular weight is 572 g/mol. The first-order valence-electron chi connectivity index (χ1n) is 13.9. The Bertz CT molecular complexity index is 1210. The number of para-hydroxylation sites is 1. The second-order valence-electron chi connectivity index (χ2n) is 10.3. The van der Waals surface area contributed by atoms with Gasteiger partial charge in [0.2, 0.25) is 7.37 Å². The average Bonchev–Trinajstić information content (AvgIpc) is 2.98. The molecular formula is C31H39FNO6P. The number of rotatable bonds is 15. The van der Waals surface area contributed by atoms with E-state index in [2.05, 4.69) is 5.32 Å². The van der Waals surface area contributed by atoms with E-state index < -0.39 is 19.3 Å². The molecule has 40 heavy (non-hydrogen) atoms. The Kier molecular flexibility index (Phi) is 11.4. The van der Waals surface area contributed by atoms with Crippen molar-refractivity contribution in [3.05, 3.63) is 90.2 Å². The summed E-state index contributed by atoms with van der Waals surface area (Å²) < 4.78 is 43.9. The second kappa shape index (κ2) is 15.2. The molecule has 0 aromatic heterocycles. The third-order valence-corrected chi connectivity index (χ3v) is 9.40. The molecule has 1 fully saturated rings. The van der Waals surface area contributed by atoms with Crippen LogP contribution >= 0.6 is 7.37 Å². The van der Waals surface area contributed by atoms with Gasteiger partial charge in [0.25, 0.3) is 0 Å². The lowest BCUT2D eigenvalue weighted by Gasteiger charge is -2.31. The Morgan fingerprint density at radius 3 is 2.30 bits per heavy atom. The van der Waals surface area contributed by atoms with Gasteiger partial charge < -0.3 is 29.5 Å². The molecule has 0 aliphatic heterocycles. The molecule has 0 heterocycles. The van der Waals surface area contributed by atoms with E-state index in [4.69, 9.17) is 14.2 Å².